The van der Waals surface area contributed by atoms with Crippen LogP contribution in [-0.4, -0.2) is 24.2 Å². The van der Waals surface area contributed by atoms with Crippen LogP contribution < -0.4 is 10.1 Å². The van der Waals surface area contributed by atoms with Gasteiger partial charge in [0.2, 0.25) is 5.91 Å². The van der Waals surface area contributed by atoms with Crippen LogP contribution in [0.4, 0.5) is 5.69 Å². The number of fused-ring (bicyclic) bond motifs is 1. The van der Waals surface area contributed by atoms with Gasteiger partial charge in [0.1, 0.15) is 12.4 Å². The lowest BCUT2D eigenvalue weighted by Crippen LogP contribution is -2.31. The van der Waals surface area contributed by atoms with Crippen molar-refractivity contribution in [1.29, 1.82) is 0 Å². The minimum Gasteiger partial charge on any atom is -0.496 e. The van der Waals surface area contributed by atoms with Crippen LogP contribution in [-0.2, 0) is 20.9 Å². The molecule has 2 aromatic carbocycles. The first-order valence-corrected chi connectivity index (χ1v) is 8.39. The molecule has 6 heteroatoms. The molecule has 1 atom stereocenters. The van der Waals surface area contributed by atoms with Gasteiger partial charge in [-0.3, -0.25) is 9.59 Å². The first-order valence-electron chi connectivity index (χ1n) is 7.51. The van der Waals surface area contributed by atoms with Crippen molar-refractivity contribution in [2.45, 2.75) is 23.2 Å². The molecule has 24 heavy (non-hydrogen) atoms. The monoisotopic (exact) mass is 343 g/mol. The molecule has 0 saturated heterocycles. The maximum absolute atomic E-state index is 12.1. The van der Waals surface area contributed by atoms with Gasteiger partial charge in [-0.15, -0.1) is 11.8 Å². The van der Waals surface area contributed by atoms with Crippen LogP contribution in [0, 0.1) is 0 Å². The summed E-state index contributed by atoms with van der Waals surface area (Å²) in [5.41, 5.74) is 1.57. The number of ether oxygens (including phenoxy) is 2. The van der Waals surface area contributed by atoms with Gasteiger partial charge in [-0.05, 0) is 18.2 Å². The zero-order chi connectivity index (χ0) is 16.9. The van der Waals surface area contributed by atoms with Crippen molar-refractivity contribution in [3.63, 3.8) is 0 Å². The topological polar surface area (TPSA) is 64.6 Å². The van der Waals surface area contributed by atoms with E-state index in [1.54, 1.807) is 7.11 Å². The number of rotatable bonds is 5. The highest BCUT2D eigenvalue weighted by Gasteiger charge is 2.29. The van der Waals surface area contributed by atoms with Crippen molar-refractivity contribution < 1.29 is 19.1 Å². The number of hydrogen-bond acceptors (Lipinski definition) is 5. The van der Waals surface area contributed by atoms with Gasteiger partial charge in [0.25, 0.3) is 0 Å². The predicted molar refractivity (Wildman–Crippen MR) is 92.1 cm³/mol. The zero-order valence-electron chi connectivity index (χ0n) is 13.2. The molecule has 0 fully saturated rings. The summed E-state index contributed by atoms with van der Waals surface area (Å²) in [7, 11) is 1.57. The summed E-state index contributed by atoms with van der Waals surface area (Å²) < 4.78 is 10.5. The number of methoxy groups -OCH3 is 1. The van der Waals surface area contributed by atoms with E-state index in [0.717, 1.165) is 16.1 Å². The van der Waals surface area contributed by atoms with Gasteiger partial charge in [0.15, 0.2) is 0 Å². The van der Waals surface area contributed by atoms with Crippen LogP contribution in [0.25, 0.3) is 0 Å². The first kappa shape index (κ1) is 16.4. The summed E-state index contributed by atoms with van der Waals surface area (Å²) in [4.78, 5) is 25.2. The van der Waals surface area contributed by atoms with Crippen molar-refractivity contribution in [3.8, 4) is 5.75 Å². The summed E-state index contributed by atoms with van der Waals surface area (Å²) in [6, 6.07) is 14.9. The van der Waals surface area contributed by atoms with E-state index < -0.39 is 11.2 Å². The van der Waals surface area contributed by atoms with Gasteiger partial charge >= 0.3 is 5.97 Å². The van der Waals surface area contributed by atoms with Crippen LogP contribution >= 0.6 is 11.8 Å². The second-order valence-corrected chi connectivity index (χ2v) is 6.51. The summed E-state index contributed by atoms with van der Waals surface area (Å²) in [6.07, 6.45) is 0.0278. The fourth-order valence-corrected chi connectivity index (χ4v) is 3.51. The Kier molecular flexibility index (Phi) is 5.05. The van der Waals surface area contributed by atoms with E-state index in [1.165, 1.54) is 11.8 Å². The molecule has 124 valence electrons. The SMILES string of the molecule is COc1ccccc1COC(=O)C[C@@H]1Sc2ccccc2NC1=O. The minimum atomic E-state index is -0.481. The molecule has 0 bridgehead atoms. The van der Waals surface area contributed by atoms with Gasteiger partial charge in [-0.25, -0.2) is 0 Å². The highest BCUT2D eigenvalue weighted by molar-refractivity contribution is 8.01. The number of carbonyl (C=O) groups excluding carboxylic acids is 2. The molecule has 2 aromatic rings. The highest BCUT2D eigenvalue weighted by Crippen LogP contribution is 2.36. The van der Waals surface area contributed by atoms with Gasteiger partial charge in [-0.1, -0.05) is 30.3 Å². The molecule has 0 radical (unpaired) electrons. The lowest BCUT2D eigenvalue weighted by molar-refractivity contribution is -0.145. The summed E-state index contributed by atoms with van der Waals surface area (Å²) in [5.74, 6) is 0.0879. The van der Waals surface area contributed by atoms with E-state index in [1.807, 2.05) is 48.5 Å². The molecule has 0 unspecified atom stereocenters. The van der Waals surface area contributed by atoms with Crippen molar-refractivity contribution in [1.82, 2.24) is 0 Å². The van der Waals surface area contributed by atoms with E-state index in [9.17, 15) is 9.59 Å². The van der Waals surface area contributed by atoms with E-state index in [4.69, 9.17) is 9.47 Å². The number of hydrogen-bond donors (Lipinski definition) is 1. The van der Waals surface area contributed by atoms with E-state index in [-0.39, 0.29) is 18.9 Å². The molecule has 1 aliphatic heterocycles. The number of esters is 1. The maximum atomic E-state index is 12.1. The number of thioether (sulfide) groups is 1. The Balaban J connectivity index is 1.58. The Hall–Kier alpha value is -2.47. The van der Waals surface area contributed by atoms with Gasteiger partial charge in [-0.2, -0.15) is 0 Å². The average Bonchev–Trinajstić information content (AvgIpc) is 2.61. The number of benzene rings is 2. The van der Waals surface area contributed by atoms with Gasteiger partial charge < -0.3 is 14.8 Å². The number of amides is 1. The Morgan fingerprint density at radius 3 is 2.75 bits per heavy atom. The molecule has 1 heterocycles. The lowest BCUT2D eigenvalue weighted by Gasteiger charge is -2.23. The van der Waals surface area contributed by atoms with Crippen LogP contribution in [0.1, 0.15) is 12.0 Å². The van der Waals surface area contributed by atoms with Crippen molar-refractivity contribution in [2.24, 2.45) is 0 Å². The predicted octanol–water partition coefficient (Wildman–Crippen LogP) is 3.24. The third-order valence-electron chi connectivity index (χ3n) is 3.64. The minimum absolute atomic E-state index is 0.0278. The number of nitrogens with one attached hydrogen (secondary N) is 1. The Morgan fingerprint density at radius 1 is 1.17 bits per heavy atom. The van der Waals surface area contributed by atoms with Crippen LogP contribution in [0.2, 0.25) is 0 Å². The molecular formula is C18H17NO4S. The molecular weight excluding hydrogens is 326 g/mol. The Bertz CT molecular complexity index is 762. The summed E-state index contributed by atoms with van der Waals surface area (Å²) in [6.45, 7) is 0.123. The highest BCUT2D eigenvalue weighted by atomic mass is 32.2. The molecule has 0 aliphatic carbocycles. The smallest absolute Gasteiger partial charge is 0.307 e. The van der Waals surface area contributed by atoms with Crippen molar-refractivity contribution in [2.75, 3.05) is 12.4 Å². The summed E-state index contributed by atoms with van der Waals surface area (Å²) in [5, 5.41) is 2.34. The molecule has 0 spiro atoms. The number of anilines is 1. The normalized spacial score (nSPS) is 16.0. The Labute approximate surface area is 144 Å². The number of para-hydroxylation sites is 2. The van der Waals surface area contributed by atoms with Gasteiger partial charge in [0, 0.05) is 10.5 Å². The van der Waals surface area contributed by atoms with E-state index >= 15 is 0 Å². The molecule has 0 aromatic heterocycles. The van der Waals surface area contributed by atoms with Gasteiger partial charge in [0.05, 0.1) is 24.5 Å². The first-order chi connectivity index (χ1) is 11.7. The van der Waals surface area contributed by atoms with Crippen LogP contribution in [0.15, 0.2) is 53.4 Å². The van der Waals surface area contributed by atoms with E-state index in [0.29, 0.717) is 5.75 Å². The standard InChI is InChI=1S/C18H17NO4S/c1-22-14-8-4-2-6-12(14)11-23-17(20)10-16-18(21)19-13-7-3-5-9-15(13)24-16/h2-9,16H,10-11H2,1H3,(H,19,21)/t16-/m0/s1. The zero-order valence-corrected chi connectivity index (χ0v) is 14.0. The lowest BCUT2D eigenvalue weighted by atomic mass is 10.2. The maximum Gasteiger partial charge on any atom is 0.307 e. The average molecular weight is 343 g/mol. The fraction of sp³-hybridized carbons (Fsp3) is 0.222. The van der Waals surface area contributed by atoms with E-state index in [2.05, 4.69) is 5.32 Å². The van der Waals surface area contributed by atoms with Crippen LogP contribution in [0.5, 0.6) is 5.75 Å². The molecule has 1 aliphatic rings. The molecule has 3 rings (SSSR count). The summed E-state index contributed by atoms with van der Waals surface area (Å²) >= 11 is 1.39. The quantitative estimate of drug-likeness (QED) is 0.845. The molecule has 1 N–H and O–H groups in total. The third-order valence-corrected chi connectivity index (χ3v) is 4.92. The fourth-order valence-electron chi connectivity index (χ4n) is 2.42. The second kappa shape index (κ2) is 7.40. The number of carbonyl (C=O) groups is 2. The molecule has 0 saturated carbocycles. The van der Waals surface area contributed by atoms with Crippen molar-refractivity contribution >= 4 is 29.3 Å². The second-order valence-electron chi connectivity index (χ2n) is 5.27. The third kappa shape index (κ3) is 3.71. The van der Waals surface area contributed by atoms with Crippen molar-refractivity contribution in [3.05, 3.63) is 54.1 Å². The van der Waals surface area contributed by atoms with Crippen LogP contribution in [0.3, 0.4) is 0 Å². The molecule has 1 amide bonds. The molecule has 5 nitrogen and oxygen atoms in total. The Morgan fingerprint density at radius 2 is 1.92 bits per heavy atom. The largest absolute Gasteiger partial charge is 0.496 e.